The summed E-state index contributed by atoms with van der Waals surface area (Å²) in [5, 5.41) is 3.45. The Bertz CT molecular complexity index is 99.7. The second-order valence-corrected chi connectivity index (χ2v) is 3.35. The van der Waals surface area contributed by atoms with Crippen LogP contribution in [0.2, 0.25) is 0 Å². The van der Waals surface area contributed by atoms with Crippen LogP contribution in [0.25, 0.3) is 0 Å². The number of hydrogen-bond donors (Lipinski definition) is 1. The molecule has 1 aliphatic heterocycles. The number of rotatable bonds is 4. The van der Waals surface area contributed by atoms with Crippen LogP contribution in [0, 0.1) is 0 Å². The number of hydrogen-bond acceptors (Lipinski definition) is 2. The zero-order valence-electron chi connectivity index (χ0n) is 7.60. The molecule has 1 N–H and O–H groups in total. The van der Waals surface area contributed by atoms with Crippen LogP contribution in [0.3, 0.4) is 0 Å². The zero-order chi connectivity index (χ0) is 8.10. The van der Waals surface area contributed by atoms with E-state index < -0.39 is 0 Å². The Hall–Kier alpha value is -0.0800. The molecular formula is C9H19NO. The maximum Gasteiger partial charge on any atom is 0.0700 e. The van der Waals surface area contributed by atoms with E-state index in [2.05, 4.69) is 19.2 Å². The van der Waals surface area contributed by atoms with Gasteiger partial charge in [-0.15, -0.1) is 0 Å². The Kier molecular flexibility index (Phi) is 3.87. The fourth-order valence-corrected chi connectivity index (χ4v) is 1.28. The summed E-state index contributed by atoms with van der Waals surface area (Å²) in [7, 11) is 0. The predicted molar refractivity (Wildman–Crippen MR) is 46.7 cm³/mol. The summed E-state index contributed by atoms with van der Waals surface area (Å²) < 4.78 is 5.49. The lowest BCUT2D eigenvalue weighted by Gasteiger charge is -2.14. The molecule has 0 bridgehead atoms. The molecule has 0 saturated carbocycles. The molecule has 0 amide bonds. The first kappa shape index (κ1) is 9.01. The quantitative estimate of drug-likeness (QED) is 0.668. The van der Waals surface area contributed by atoms with Crippen molar-refractivity contribution < 1.29 is 4.74 Å². The van der Waals surface area contributed by atoms with Gasteiger partial charge < -0.3 is 10.1 Å². The molecule has 0 aromatic heterocycles. The first-order valence-electron chi connectivity index (χ1n) is 4.68. The van der Waals surface area contributed by atoms with Crippen molar-refractivity contribution in [2.24, 2.45) is 0 Å². The van der Waals surface area contributed by atoms with E-state index in [1.54, 1.807) is 0 Å². The topological polar surface area (TPSA) is 21.3 Å². The van der Waals surface area contributed by atoms with Gasteiger partial charge in [0.1, 0.15) is 0 Å². The van der Waals surface area contributed by atoms with Crippen molar-refractivity contribution in [1.82, 2.24) is 5.32 Å². The van der Waals surface area contributed by atoms with Crippen LogP contribution in [0.15, 0.2) is 0 Å². The molecule has 1 saturated heterocycles. The molecule has 0 radical (unpaired) electrons. The Balaban J connectivity index is 2.01. The Morgan fingerprint density at radius 3 is 3.00 bits per heavy atom. The van der Waals surface area contributed by atoms with E-state index in [-0.39, 0.29) is 0 Å². The Labute approximate surface area is 69.3 Å². The zero-order valence-corrected chi connectivity index (χ0v) is 7.60. The van der Waals surface area contributed by atoms with Crippen LogP contribution in [0.4, 0.5) is 0 Å². The molecule has 2 nitrogen and oxygen atoms in total. The monoisotopic (exact) mass is 157 g/mol. The van der Waals surface area contributed by atoms with E-state index in [9.17, 15) is 0 Å². The standard InChI is InChI=1S/C9H19NO/c1-3-8(2)10-7-9-5-4-6-11-9/h8-10H,3-7H2,1-2H3/t8?,9-/m0/s1. The van der Waals surface area contributed by atoms with Crippen molar-refractivity contribution in [3.05, 3.63) is 0 Å². The van der Waals surface area contributed by atoms with Crippen LogP contribution >= 0.6 is 0 Å². The van der Waals surface area contributed by atoms with Crippen molar-refractivity contribution in [2.45, 2.75) is 45.3 Å². The molecule has 1 aliphatic rings. The maximum absolute atomic E-state index is 5.49. The van der Waals surface area contributed by atoms with Gasteiger partial charge in [0.2, 0.25) is 0 Å². The van der Waals surface area contributed by atoms with Crippen LogP contribution < -0.4 is 5.32 Å². The van der Waals surface area contributed by atoms with Crippen molar-refractivity contribution >= 4 is 0 Å². The lowest BCUT2D eigenvalue weighted by molar-refractivity contribution is 0.108. The highest BCUT2D eigenvalue weighted by Crippen LogP contribution is 2.10. The van der Waals surface area contributed by atoms with Gasteiger partial charge in [0.25, 0.3) is 0 Å². The third-order valence-corrected chi connectivity index (χ3v) is 2.33. The molecule has 2 atom stereocenters. The van der Waals surface area contributed by atoms with Crippen molar-refractivity contribution in [3.8, 4) is 0 Å². The smallest absolute Gasteiger partial charge is 0.0700 e. The summed E-state index contributed by atoms with van der Waals surface area (Å²) in [6, 6.07) is 0.638. The minimum Gasteiger partial charge on any atom is -0.377 e. The van der Waals surface area contributed by atoms with E-state index in [0.717, 1.165) is 13.2 Å². The van der Waals surface area contributed by atoms with Gasteiger partial charge in [0.15, 0.2) is 0 Å². The minimum absolute atomic E-state index is 0.490. The number of ether oxygens (including phenoxy) is 1. The third-order valence-electron chi connectivity index (χ3n) is 2.33. The molecule has 1 rings (SSSR count). The molecule has 0 aromatic carbocycles. The fourth-order valence-electron chi connectivity index (χ4n) is 1.28. The van der Waals surface area contributed by atoms with Gasteiger partial charge in [-0.25, -0.2) is 0 Å². The highest BCUT2D eigenvalue weighted by atomic mass is 16.5. The second kappa shape index (κ2) is 4.73. The minimum atomic E-state index is 0.490. The van der Waals surface area contributed by atoms with Crippen LogP contribution in [-0.2, 0) is 4.74 Å². The van der Waals surface area contributed by atoms with E-state index in [1.165, 1.54) is 19.3 Å². The van der Waals surface area contributed by atoms with Gasteiger partial charge in [-0.2, -0.15) is 0 Å². The molecule has 0 aromatic rings. The van der Waals surface area contributed by atoms with E-state index >= 15 is 0 Å². The Morgan fingerprint density at radius 2 is 2.45 bits per heavy atom. The van der Waals surface area contributed by atoms with E-state index in [0.29, 0.717) is 12.1 Å². The average molecular weight is 157 g/mol. The van der Waals surface area contributed by atoms with Gasteiger partial charge in [0, 0.05) is 19.2 Å². The highest BCUT2D eigenvalue weighted by Gasteiger charge is 2.15. The molecule has 11 heavy (non-hydrogen) atoms. The summed E-state index contributed by atoms with van der Waals surface area (Å²) in [6.07, 6.45) is 4.17. The van der Waals surface area contributed by atoms with Crippen molar-refractivity contribution in [1.29, 1.82) is 0 Å². The first-order chi connectivity index (χ1) is 5.33. The summed E-state index contributed by atoms with van der Waals surface area (Å²) in [5.74, 6) is 0. The summed E-state index contributed by atoms with van der Waals surface area (Å²) in [6.45, 7) is 6.42. The average Bonchev–Trinajstić information content (AvgIpc) is 2.52. The van der Waals surface area contributed by atoms with E-state index in [4.69, 9.17) is 4.74 Å². The van der Waals surface area contributed by atoms with Gasteiger partial charge in [-0.1, -0.05) is 6.92 Å². The first-order valence-corrected chi connectivity index (χ1v) is 4.68. The molecule has 1 unspecified atom stereocenters. The third kappa shape index (κ3) is 3.21. The van der Waals surface area contributed by atoms with Crippen LogP contribution in [0.1, 0.15) is 33.1 Å². The second-order valence-electron chi connectivity index (χ2n) is 3.35. The van der Waals surface area contributed by atoms with Crippen LogP contribution in [-0.4, -0.2) is 25.3 Å². The molecular weight excluding hydrogens is 138 g/mol. The fraction of sp³-hybridized carbons (Fsp3) is 1.00. The summed E-state index contributed by atoms with van der Waals surface area (Å²) in [5.41, 5.74) is 0. The van der Waals surface area contributed by atoms with Gasteiger partial charge in [-0.05, 0) is 26.2 Å². The van der Waals surface area contributed by atoms with Crippen LogP contribution in [0.5, 0.6) is 0 Å². The lowest BCUT2D eigenvalue weighted by Crippen LogP contribution is -2.32. The highest BCUT2D eigenvalue weighted by molar-refractivity contribution is 4.69. The molecule has 0 aliphatic carbocycles. The molecule has 2 heteroatoms. The largest absolute Gasteiger partial charge is 0.377 e. The van der Waals surface area contributed by atoms with Gasteiger partial charge in [0.05, 0.1) is 6.10 Å². The molecule has 1 fully saturated rings. The van der Waals surface area contributed by atoms with Gasteiger partial charge >= 0.3 is 0 Å². The van der Waals surface area contributed by atoms with Crippen molar-refractivity contribution in [2.75, 3.05) is 13.2 Å². The Morgan fingerprint density at radius 1 is 1.64 bits per heavy atom. The molecule has 0 spiro atoms. The maximum atomic E-state index is 5.49. The molecule has 66 valence electrons. The predicted octanol–water partition coefficient (Wildman–Crippen LogP) is 1.55. The normalized spacial score (nSPS) is 27.3. The summed E-state index contributed by atoms with van der Waals surface area (Å²) in [4.78, 5) is 0. The van der Waals surface area contributed by atoms with E-state index in [1.807, 2.05) is 0 Å². The van der Waals surface area contributed by atoms with Gasteiger partial charge in [-0.3, -0.25) is 0 Å². The van der Waals surface area contributed by atoms with Crippen molar-refractivity contribution in [3.63, 3.8) is 0 Å². The SMILES string of the molecule is CCC(C)NC[C@@H]1CCCO1. The lowest BCUT2D eigenvalue weighted by atomic mass is 10.2. The number of nitrogens with one attached hydrogen (secondary N) is 1. The summed E-state index contributed by atoms with van der Waals surface area (Å²) >= 11 is 0. The molecule has 1 heterocycles.